The first-order valence-electron chi connectivity index (χ1n) is 8.45. The third-order valence-corrected chi connectivity index (χ3v) is 5.23. The van der Waals surface area contributed by atoms with Crippen LogP contribution in [0.5, 0.6) is 5.75 Å². The van der Waals surface area contributed by atoms with Crippen molar-refractivity contribution in [1.29, 1.82) is 0 Å². The van der Waals surface area contributed by atoms with Crippen molar-refractivity contribution in [3.63, 3.8) is 0 Å². The van der Waals surface area contributed by atoms with Crippen molar-refractivity contribution in [3.05, 3.63) is 58.1 Å². The summed E-state index contributed by atoms with van der Waals surface area (Å²) >= 11 is 6.13. The molecule has 0 radical (unpaired) electrons. The number of anilines is 1. The summed E-state index contributed by atoms with van der Waals surface area (Å²) < 4.78 is 5.34. The van der Waals surface area contributed by atoms with Gasteiger partial charge in [0.15, 0.2) is 0 Å². The number of hydrogen-bond donors (Lipinski definition) is 1. The van der Waals surface area contributed by atoms with Crippen LogP contribution in [0, 0.1) is 6.92 Å². The highest BCUT2D eigenvalue weighted by atomic mass is 35.5. The fourth-order valence-electron chi connectivity index (χ4n) is 3.18. The molecule has 1 aliphatic rings. The maximum Gasteiger partial charge on any atom is 0.241 e. The van der Waals surface area contributed by atoms with Crippen LogP contribution in [0.1, 0.15) is 23.6 Å². The summed E-state index contributed by atoms with van der Waals surface area (Å²) in [6.45, 7) is 5.52. The number of carbonyl (C=O) groups is 1. The van der Waals surface area contributed by atoms with E-state index in [0.717, 1.165) is 25.1 Å². The Morgan fingerprint density at radius 2 is 2.00 bits per heavy atom. The van der Waals surface area contributed by atoms with Crippen LogP contribution in [0.4, 0.5) is 5.69 Å². The Morgan fingerprint density at radius 3 is 2.72 bits per heavy atom. The lowest BCUT2D eigenvalue weighted by atomic mass is 9.98. The fourth-order valence-corrected chi connectivity index (χ4v) is 3.33. The van der Waals surface area contributed by atoms with Crippen LogP contribution in [-0.4, -0.2) is 30.5 Å². The zero-order valence-electron chi connectivity index (χ0n) is 14.8. The largest absolute Gasteiger partial charge is 0.495 e. The number of carbonyl (C=O) groups excluding carboxylic acids is 1. The van der Waals surface area contributed by atoms with E-state index in [4.69, 9.17) is 16.3 Å². The van der Waals surface area contributed by atoms with E-state index in [1.807, 2.05) is 19.9 Å². The van der Waals surface area contributed by atoms with Crippen molar-refractivity contribution in [2.24, 2.45) is 0 Å². The molecule has 132 valence electrons. The molecule has 1 unspecified atom stereocenters. The van der Waals surface area contributed by atoms with Crippen molar-refractivity contribution < 1.29 is 9.53 Å². The van der Waals surface area contributed by atoms with Gasteiger partial charge in [0, 0.05) is 24.2 Å². The molecule has 0 saturated carbocycles. The fraction of sp³-hybridized carbons (Fsp3) is 0.350. The number of nitrogens with one attached hydrogen (secondary N) is 1. The SMILES string of the molecule is COc1cc(Cl)c(C)cc1NC(=O)C(C)N1CCc2ccccc2C1. The van der Waals surface area contributed by atoms with E-state index in [0.29, 0.717) is 16.5 Å². The van der Waals surface area contributed by atoms with Gasteiger partial charge in [0.1, 0.15) is 5.75 Å². The lowest BCUT2D eigenvalue weighted by molar-refractivity contribution is -0.121. The molecule has 1 heterocycles. The summed E-state index contributed by atoms with van der Waals surface area (Å²) in [6, 6.07) is 11.8. The molecular formula is C20H23ClN2O2. The van der Waals surface area contributed by atoms with Crippen LogP contribution < -0.4 is 10.1 Å². The molecule has 25 heavy (non-hydrogen) atoms. The quantitative estimate of drug-likeness (QED) is 0.896. The molecule has 1 N–H and O–H groups in total. The maximum absolute atomic E-state index is 12.7. The first-order valence-corrected chi connectivity index (χ1v) is 8.83. The highest BCUT2D eigenvalue weighted by molar-refractivity contribution is 6.31. The smallest absolute Gasteiger partial charge is 0.241 e. The number of methoxy groups -OCH3 is 1. The molecule has 2 aromatic rings. The summed E-state index contributed by atoms with van der Waals surface area (Å²) in [6.07, 6.45) is 0.969. The van der Waals surface area contributed by atoms with Gasteiger partial charge in [-0.15, -0.1) is 0 Å². The number of nitrogens with zero attached hydrogens (tertiary/aromatic N) is 1. The van der Waals surface area contributed by atoms with E-state index in [9.17, 15) is 4.79 Å². The van der Waals surface area contributed by atoms with Gasteiger partial charge in [0.25, 0.3) is 0 Å². The first-order chi connectivity index (χ1) is 12.0. The highest BCUT2D eigenvalue weighted by Gasteiger charge is 2.25. The van der Waals surface area contributed by atoms with Gasteiger partial charge in [-0.05, 0) is 43.0 Å². The topological polar surface area (TPSA) is 41.6 Å². The second-order valence-electron chi connectivity index (χ2n) is 6.46. The van der Waals surface area contributed by atoms with E-state index in [2.05, 4.69) is 34.5 Å². The minimum Gasteiger partial charge on any atom is -0.495 e. The predicted octanol–water partition coefficient (Wildman–Crippen LogP) is 4.04. The molecule has 0 saturated heterocycles. The van der Waals surface area contributed by atoms with Gasteiger partial charge < -0.3 is 10.1 Å². The second-order valence-corrected chi connectivity index (χ2v) is 6.86. The second kappa shape index (κ2) is 7.46. The number of benzene rings is 2. The van der Waals surface area contributed by atoms with Crippen LogP contribution >= 0.6 is 11.6 Å². The summed E-state index contributed by atoms with van der Waals surface area (Å²) in [5.74, 6) is 0.527. The maximum atomic E-state index is 12.7. The van der Waals surface area contributed by atoms with Crippen molar-refractivity contribution in [2.45, 2.75) is 32.9 Å². The monoisotopic (exact) mass is 358 g/mol. The lowest BCUT2D eigenvalue weighted by Gasteiger charge is -2.33. The van der Waals surface area contributed by atoms with Crippen molar-refractivity contribution in [3.8, 4) is 5.75 Å². The summed E-state index contributed by atoms with van der Waals surface area (Å²) in [5.41, 5.74) is 4.23. The van der Waals surface area contributed by atoms with Gasteiger partial charge in [-0.1, -0.05) is 35.9 Å². The number of halogens is 1. The first kappa shape index (κ1) is 17.8. The van der Waals surface area contributed by atoms with E-state index in [-0.39, 0.29) is 11.9 Å². The third kappa shape index (κ3) is 3.80. The normalized spacial score (nSPS) is 15.4. The predicted molar refractivity (Wildman–Crippen MR) is 101 cm³/mol. The molecule has 0 aromatic heterocycles. The number of aryl methyl sites for hydroxylation is 1. The van der Waals surface area contributed by atoms with Crippen molar-refractivity contribution in [1.82, 2.24) is 4.90 Å². The van der Waals surface area contributed by atoms with Gasteiger partial charge in [-0.25, -0.2) is 0 Å². The summed E-state index contributed by atoms with van der Waals surface area (Å²) in [7, 11) is 1.57. The minimum absolute atomic E-state index is 0.0422. The molecular weight excluding hydrogens is 336 g/mol. The molecule has 3 rings (SSSR count). The number of fused-ring (bicyclic) bond motifs is 1. The molecule has 0 bridgehead atoms. The van der Waals surface area contributed by atoms with Crippen LogP contribution in [0.2, 0.25) is 5.02 Å². The van der Waals surface area contributed by atoms with E-state index in [1.54, 1.807) is 13.2 Å². The Balaban J connectivity index is 1.73. The molecule has 1 amide bonds. The number of ether oxygens (including phenoxy) is 1. The average molecular weight is 359 g/mol. The molecule has 1 aliphatic heterocycles. The molecule has 4 nitrogen and oxygen atoms in total. The van der Waals surface area contributed by atoms with Gasteiger partial charge in [-0.2, -0.15) is 0 Å². The summed E-state index contributed by atoms with van der Waals surface area (Å²) in [5, 5.41) is 3.61. The highest BCUT2D eigenvalue weighted by Crippen LogP contribution is 2.31. The van der Waals surface area contributed by atoms with Gasteiger partial charge >= 0.3 is 0 Å². The minimum atomic E-state index is -0.228. The standard InChI is InChI=1S/C20H23ClN2O2/c1-13-10-18(19(25-3)11-17(13)21)22-20(24)14(2)23-9-8-15-6-4-5-7-16(15)12-23/h4-7,10-11,14H,8-9,12H2,1-3H3,(H,22,24). The Morgan fingerprint density at radius 1 is 1.28 bits per heavy atom. The zero-order valence-corrected chi connectivity index (χ0v) is 15.6. The van der Waals surface area contributed by atoms with Crippen LogP contribution in [0.15, 0.2) is 36.4 Å². The van der Waals surface area contributed by atoms with Crippen LogP contribution in [0.3, 0.4) is 0 Å². The van der Waals surface area contributed by atoms with E-state index >= 15 is 0 Å². The number of rotatable bonds is 4. The Hall–Kier alpha value is -2.04. The molecule has 0 aliphatic carbocycles. The van der Waals surface area contributed by atoms with E-state index in [1.165, 1.54) is 11.1 Å². The number of hydrogen-bond acceptors (Lipinski definition) is 3. The van der Waals surface area contributed by atoms with Crippen molar-refractivity contribution in [2.75, 3.05) is 19.0 Å². The van der Waals surface area contributed by atoms with Gasteiger partial charge in [0.05, 0.1) is 18.8 Å². The molecule has 0 spiro atoms. The van der Waals surface area contributed by atoms with Crippen LogP contribution in [0.25, 0.3) is 0 Å². The van der Waals surface area contributed by atoms with Gasteiger partial charge in [0.2, 0.25) is 5.91 Å². The van der Waals surface area contributed by atoms with E-state index < -0.39 is 0 Å². The third-order valence-electron chi connectivity index (χ3n) is 4.83. The Labute approximate surface area is 153 Å². The Bertz CT molecular complexity index is 791. The van der Waals surface area contributed by atoms with Crippen LogP contribution in [-0.2, 0) is 17.8 Å². The van der Waals surface area contributed by atoms with Gasteiger partial charge in [-0.3, -0.25) is 9.69 Å². The Kier molecular flexibility index (Phi) is 5.30. The lowest BCUT2D eigenvalue weighted by Crippen LogP contribution is -2.44. The van der Waals surface area contributed by atoms with Crippen molar-refractivity contribution >= 4 is 23.2 Å². The molecule has 1 atom stereocenters. The molecule has 5 heteroatoms. The summed E-state index contributed by atoms with van der Waals surface area (Å²) in [4.78, 5) is 14.9. The molecule has 2 aromatic carbocycles. The molecule has 0 fully saturated rings. The average Bonchev–Trinajstić information content (AvgIpc) is 2.63. The zero-order chi connectivity index (χ0) is 18.0. The number of amides is 1.